The Labute approximate surface area is 161 Å². The molecule has 26 heavy (non-hydrogen) atoms. The zero-order valence-electron chi connectivity index (χ0n) is 14.6. The van der Waals surface area contributed by atoms with Crippen LogP contribution in [0.5, 0.6) is 0 Å². The first-order chi connectivity index (χ1) is 12.3. The summed E-state index contributed by atoms with van der Waals surface area (Å²) in [5.41, 5.74) is 2.97. The molecule has 1 N–H and O–H groups in total. The minimum atomic E-state index is -4.42. The first kappa shape index (κ1) is 18.9. The molecule has 0 spiro atoms. The van der Waals surface area contributed by atoms with Crippen LogP contribution in [-0.2, 0) is 29.7 Å². The smallest absolute Gasteiger partial charge is 0.360 e. The van der Waals surface area contributed by atoms with E-state index in [0.717, 1.165) is 49.5 Å². The fourth-order valence-electron chi connectivity index (χ4n) is 3.08. The summed E-state index contributed by atoms with van der Waals surface area (Å²) in [5, 5.41) is 0.881. The number of fused-ring (bicyclic) bond motifs is 1. The lowest BCUT2D eigenvalue weighted by atomic mass is 10.1. The van der Waals surface area contributed by atoms with Gasteiger partial charge in [-0.05, 0) is 42.3 Å². The lowest BCUT2D eigenvalue weighted by molar-refractivity contribution is 0.477. The number of hydrogen-bond acceptors (Lipinski definition) is 3. The molecule has 0 aliphatic heterocycles. The molecule has 5 nitrogen and oxygen atoms in total. The number of nitrogens with zero attached hydrogens (tertiary/aromatic N) is 1. The van der Waals surface area contributed by atoms with Gasteiger partial charge in [0, 0.05) is 21.8 Å². The summed E-state index contributed by atoms with van der Waals surface area (Å²) in [6.45, 7) is 4.10. The fraction of sp³-hybridized carbons (Fsp3) is 0.263. The third-order valence-corrected chi connectivity index (χ3v) is 5.76. The summed E-state index contributed by atoms with van der Waals surface area (Å²) < 4.78 is 41.5. The summed E-state index contributed by atoms with van der Waals surface area (Å²) in [5.74, 6) is 0.908. The SMILES string of the molecule is CCc1oc2ccc(N(Cc3ccc(Br)cc3)S(=O)(=O)O)cc2c1CC. The van der Waals surface area contributed by atoms with Crippen LogP contribution < -0.4 is 4.31 Å². The quantitative estimate of drug-likeness (QED) is 0.542. The number of hydrogen-bond donors (Lipinski definition) is 1. The molecule has 0 atom stereocenters. The molecule has 1 heterocycles. The Balaban J connectivity index is 2.07. The van der Waals surface area contributed by atoms with Crippen molar-refractivity contribution in [3.63, 3.8) is 0 Å². The normalized spacial score (nSPS) is 11.8. The maximum absolute atomic E-state index is 12.0. The van der Waals surface area contributed by atoms with Crippen LogP contribution in [0.15, 0.2) is 51.4 Å². The number of anilines is 1. The molecule has 7 heteroatoms. The lowest BCUT2D eigenvalue weighted by Crippen LogP contribution is -2.29. The Morgan fingerprint density at radius 2 is 1.77 bits per heavy atom. The van der Waals surface area contributed by atoms with Gasteiger partial charge in [0.05, 0.1) is 12.2 Å². The van der Waals surface area contributed by atoms with Gasteiger partial charge in [0.2, 0.25) is 0 Å². The Bertz CT molecular complexity index is 1030. The molecule has 0 unspecified atom stereocenters. The summed E-state index contributed by atoms with van der Waals surface area (Å²) >= 11 is 3.36. The molecule has 3 rings (SSSR count). The van der Waals surface area contributed by atoms with E-state index in [2.05, 4.69) is 15.9 Å². The van der Waals surface area contributed by atoms with Crippen molar-refractivity contribution in [3.8, 4) is 0 Å². The first-order valence-corrected chi connectivity index (χ1v) is 10.6. The van der Waals surface area contributed by atoms with E-state index in [4.69, 9.17) is 4.42 Å². The first-order valence-electron chi connectivity index (χ1n) is 8.37. The maximum Gasteiger partial charge on any atom is 0.360 e. The van der Waals surface area contributed by atoms with Crippen molar-refractivity contribution in [3.05, 3.63) is 63.8 Å². The van der Waals surface area contributed by atoms with Crippen LogP contribution in [0.2, 0.25) is 0 Å². The lowest BCUT2D eigenvalue weighted by Gasteiger charge is -2.21. The van der Waals surface area contributed by atoms with Crippen LogP contribution >= 0.6 is 15.9 Å². The Morgan fingerprint density at radius 1 is 1.08 bits per heavy atom. The van der Waals surface area contributed by atoms with E-state index >= 15 is 0 Å². The molecule has 138 valence electrons. The van der Waals surface area contributed by atoms with E-state index < -0.39 is 10.3 Å². The molecule has 3 aromatic rings. The standard InChI is InChI=1S/C19H20BrNO4S/c1-3-16-17-11-15(9-10-19(17)25-18(16)4-2)21(26(22,23)24)12-13-5-7-14(20)8-6-13/h5-11H,3-4,12H2,1-2H3,(H,22,23,24). The van der Waals surface area contributed by atoms with E-state index in [0.29, 0.717) is 5.69 Å². The van der Waals surface area contributed by atoms with Crippen LogP contribution in [-0.4, -0.2) is 13.0 Å². The van der Waals surface area contributed by atoms with Gasteiger partial charge in [0.15, 0.2) is 0 Å². The molecule has 0 saturated heterocycles. The molecular formula is C19H20BrNO4S. The van der Waals surface area contributed by atoms with Crippen LogP contribution in [0.25, 0.3) is 11.0 Å². The highest BCUT2D eigenvalue weighted by molar-refractivity contribution is 9.10. The monoisotopic (exact) mass is 437 g/mol. The molecule has 0 aliphatic carbocycles. The van der Waals surface area contributed by atoms with Gasteiger partial charge in [-0.15, -0.1) is 0 Å². The average Bonchev–Trinajstić information content (AvgIpc) is 2.97. The largest absolute Gasteiger partial charge is 0.461 e. The van der Waals surface area contributed by atoms with Crippen LogP contribution in [0.3, 0.4) is 0 Å². The number of benzene rings is 2. The van der Waals surface area contributed by atoms with Crippen molar-refractivity contribution < 1.29 is 17.4 Å². The minimum Gasteiger partial charge on any atom is -0.461 e. The summed E-state index contributed by atoms with van der Waals surface area (Å²) in [7, 11) is -4.42. The van der Waals surface area contributed by atoms with Gasteiger partial charge in [-0.1, -0.05) is 41.9 Å². The zero-order chi connectivity index (χ0) is 18.9. The molecule has 1 aromatic heterocycles. The molecule has 0 fully saturated rings. The van der Waals surface area contributed by atoms with Gasteiger partial charge in [-0.2, -0.15) is 8.42 Å². The summed E-state index contributed by atoms with van der Waals surface area (Å²) in [4.78, 5) is 0. The Hall–Kier alpha value is -1.83. The molecule has 0 radical (unpaired) electrons. The topological polar surface area (TPSA) is 70.8 Å². The fourth-order valence-corrected chi connectivity index (χ4v) is 4.03. The zero-order valence-corrected chi connectivity index (χ0v) is 17.0. The molecule has 0 aliphatic rings. The highest BCUT2D eigenvalue weighted by Gasteiger charge is 2.22. The second-order valence-corrected chi connectivity index (χ2v) is 8.25. The molecule has 0 bridgehead atoms. The highest BCUT2D eigenvalue weighted by Crippen LogP contribution is 2.32. The predicted molar refractivity (Wildman–Crippen MR) is 107 cm³/mol. The summed E-state index contributed by atoms with van der Waals surface area (Å²) in [6.07, 6.45) is 1.56. The van der Waals surface area contributed by atoms with E-state index in [1.165, 1.54) is 0 Å². The van der Waals surface area contributed by atoms with Crippen molar-refractivity contribution in [2.75, 3.05) is 4.31 Å². The predicted octanol–water partition coefficient (Wildman–Crippen LogP) is 5.13. The van der Waals surface area contributed by atoms with Crippen molar-refractivity contribution in [2.45, 2.75) is 33.2 Å². The van der Waals surface area contributed by atoms with Gasteiger partial charge in [-0.3, -0.25) is 4.55 Å². The Kier molecular flexibility index (Phi) is 5.41. The minimum absolute atomic E-state index is 0.0393. The maximum atomic E-state index is 12.0. The van der Waals surface area contributed by atoms with Gasteiger partial charge in [0.1, 0.15) is 11.3 Å². The van der Waals surface area contributed by atoms with Crippen molar-refractivity contribution >= 4 is 42.9 Å². The number of aryl methyl sites for hydroxylation is 2. The number of halogens is 1. The van der Waals surface area contributed by atoms with E-state index in [1.807, 2.05) is 38.1 Å². The van der Waals surface area contributed by atoms with Crippen LogP contribution in [0, 0.1) is 0 Å². The van der Waals surface area contributed by atoms with Crippen molar-refractivity contribution in [1.29, 1.82) is 0 Å². The Morgan fingerprint density at radius 3 is 2.35 bits per heavy atom. The molecule has 0 amide bonds. The highest BCUT2D eigenvalue weighted by atomic mass is 79.9. The third-order valence-electron chi connectivity index (χ3n) is 4.34. The van der Waals surface area contributed by atoms with Crippen LogP contribution in [0.1, 0.15) is 30.7 Å². The van der Waals surface area contributed by atoms with E-state index in [1.54, 1.807) is 18.2 Å². The van der Waals surface area contributed by atoms with Gasteiger partial charge in [-0.25, -0.2) is 4.31 Å². The van der Waals surface area contributed by atoms with E-state index in [-0.39, 0.29) is 6.54 Å². The van der Waals surface area contributed by atoms with Gasteiger partial charge in [0.25, 0.3) is 0 Å². The van der Waals surface area contributed by atoms with Gasteiger partial charge < -0.3 is 4.42 Å². The molecule has 0 saturated carbocycles. The van der Waals surface area contributed by atoms with Crippen molar-refractivity contribution in [2.24, 2.45) is 0 Å². The second kappa shape index (κ2) is 7.42. The average molecular weight is 438 g/mol. The molecule has 2 aromatic carbocycles. The second-order valence-electron chi connectivity index (χ2n) is 6.00. The van der Waals surface area contributed by atoms with E-state index in [9.17, 15) is 13.0 Å². The van der Waals surface area contributed by atoms with Gasteiger partial charge >= 0.3 is 10.3 Å². The van der Waals surface area contributed by atoms with Crippen LogP contribution in [0.4, 0.5) is 5.69 Å². The number of furan rings is 1. The number of rotatable bonds is 6. The summed E-state index contributed by atoms with van der Waals surface area (Å²) in [6, 6.07) is 12.5. The molecular weight excluding hydrogens is 418 g/mol. The van der Waals surface area contributed by atoms with Crippen molar-refractivity contribution in [1.82, 2.24) is 0 Å². The third kappa shape index (κ3) is 3.79.